The number of rotatable bonds is 1. The van der Waals surface area contributed by atoms with E-state index >= 15 is 0 Å². The van der Waals surface area contributed by atoms with Crippen LogP contribution in [-0.2, 0) is 0 Å². The van der Waals surface area contributed by atoms with Crippen molar-refractivity contribution in [2.24, 2.45) is 5.73 Å². The molecule has 2 aromatic rings. The first-order valence-electron chi connectivity index (χ1n) is 5.62. The standard InChI is InChI=1S/C11H15N5/c12-9-2-1-4-15(7-9)10-3-5-16-11(10)6-13-8-14-16/h3,5-6,8-9H,1-2,4,7,12H2. The zero-order chi connectivity index (χ0) is 11.0. The Bertz CT molecular complexity index is 492. The predicted molar refractivity (Wildman–Crippen MR) is 62.4 cm³/mol. The smallest absolute Gasteiger partial charge is 0.136 e. The number of aromatic nitrogens is 3. The lowest BCUT2D eigenvalue weighted by Crippen LogP contribution is -2.42. The predicted octanol–water partition coefficient (Wildman–Crippen LogP) is 0.657. The maximum Gasteiger partial charge on any atom is 0.136 e. The summed E-state index contributed by atoms with van der Waals surface area (Å²) in [5, 5.41) is 4.16. The molecule has 1 unspecified atom stereocenters. The Labute approximate surface area is 93.9 Å². The molecule has 0 aromatic carbocycles. The molecule has 16 heavy (non-hydrogen) atoms. The minimum atomic E-state index is 0.285. The van der Waals surface area contributed by atoms with Crippen LogP contribution >= 0.6 is 0 Å². The van der Waals surface area contributed by atoms with Gasteiger partial charge >= 0.3 is 0 Å². The van der Waals surface area contributed by atoms with Crippen LogP contribution in [0.25, 0.3) is 5.52 Å². The minimum absolute atomic E-state index is 0.285. The van der Waals surface area contributed by atoms with Crippen LogP contribution in [0.4, 0.5) is 5.69 Å². The van der Waals surface area contributed by atoms with Crippen LogP contribution in [0.1, 0.15) is 12.8 Å². The maximum absolute atomic E-state index is 6.00. The highest BCUT2D eigenvalue weighted by Crippen LogP contribution is 2.24. The number of piperidine rings is 1. The molecule has 0 aliphatic carbocycles. The van der Waals surface area contributed by atoms with Gasteiger partial charge in [-0.05, 0) is 18.9 Å². The number of nitrogens with two attached hydrogens (primary N) is 1. The molecule has 3 heterocycles. The van der Waals surface area contributed by atoms with Crippen molar-refractivity contribution < 1.29 is 0 Å². The van der Waals surface area contributed by atoms with Crippen molar-refractivity contribution in [3.8, 4) is 0 Å². The molecule has 3 rings (SSSR count). The number of nitrogens with zero attached hydrogens (tertiary/aromatic N) is 4. The summed E-state index contributed by atoms with van der Waals surface area (Å²) in [4.78, 5) is 6.40. The molecule has 2 N–H and O–H groups in total. The fourth-order valence-electron chi connectivity index (χ4n) is 2.34. The van der Waals surface area contributed by atoms with Gasteiger partial charge in [0.05, 0.1) is 11.9 Å². The Hall–Kier alpha value is -1.62. The molecule has 1 fully saturated rings. The molecular formula is C11H15N5. The molecule has 0 spiro atoms. The van der Waals surface area contributed by atoms with Gasteiger partial charge in [-0.25, -0.2) is 9.50 Å². The zero-order valence-corrected chi connectivity index (χ0v) is 9.08. The van der Waals surface area contributed by atoms with E-state index in [1.165, 1.54) is 5.69 Å². The maximum atomic E-state index is 6.00. The Balaban J connectivity index is 1.99. The average molecular weight is 217 g/mol. The molecule has 1 atom stereocenters. The molecule has 0 saturated carbocycles. The van der Waals surface area contributed by atoms with Gasteiger partial charge in [-0.3, -0.25) is 0 Å². The summed E-state index contributed by atoms with van der Waals surface area (Å²) >= 11 is 0. The lowest BCUT2D eigenvalue weighted by molar-refractivity contribution is 0.507. The van der Waals surface area contributed by atoms with Gasteiger partial charge in [-0.1, -0.05) is 0 Å². The van der Waals surface area contributed by atoms with Crippen molar-refractivity contribution in [2.45, 2.75) is 18.9 Å². The van der Waals surface area contributed by atoms with Crippen molar-refractivity contribution >= 4 is 11.2 Å². The van der Waals surface area contributed by atoms with Gasteiger partial charge in [0.15, 0.2) is 0 Å². The van der Waals surface area contributed by atoms with Gasteiger partial charge in [0.1, 0.15) is 11.8 Å². The monoisotopic (exact) mass is 217 g/mol. The van der Waals surface area contributed by atoms with E-state index in [-0.39, 0.29) is 6.04 Å². The van der Waals surface area contributed by atoms with E-state index in [0.717, 1.165) is 31.4 Å². The van der Waals surface area contributed by atoms with Gasteiger partial charge in [0.2, 0.25) is 0 Å². The molecule has 1 aliphatic rings. The lowest BCUT2D eigenvalue weighted by atomic mass is 10.1. The molecule has 0 bridgehead atoms. The average Bonchev–Trinajstić information content (AvgIpc) is 2.72. The zero-order valence-electron chi connectivity index (χ0n) is 9.08. The molecule has 0 radical (unpaired) electrons. The highest BCUT2D eigenvalue weighted by atomic mass is 15.3. The highest BCUT2D eigenvalue weighted by molar-refractivity contribution is 5.72. The topological polar surface area (TPSA) is 59.5 Å². The Kier molecular flexibility index (Phi) is 2.25. The van der Waals surface area contributed by atoms with Crippen LogP contribution in [0.15, 0.2) is 24.8 Å². The highest BCUT2D eigenvalue weighted by Gasteiger charge is 2.19. The van der Waals surface area contributed by atoms with Crippen molar-refractivity contribution in [3.05, 3.63) is 24.8 Å². The van der Waals surface area contributed by atoms with Crippen LogP contribution < -0.4 is 10.6 Å². The second kappa shape index (κ2) is 3.75. The van der Waals surface area contributed by atoms with Gasteiger partial charge in [0.25, 0.3) is 0 Å². The van der Waals surface area contributed by atoms with Gasteiger partial charge in [-0.15, -0.1) is 0 Å². The number of fused-ring (bicyclic) bond motifs is 1. The van der Waals surface area contributed by atoms with Gasteiger partial charge in [-0.2, -0.15) is 5.10 Å². The molecule has 5 heteroatoms. The third-order valence-electron chi connectivity index (χ3n) is 3.12. The summed E-state index contributed by atoms with van der Waals surface area (Å²) in [6, 6.07) is 2.37. The second-order valence-corrected chi connectivity index (χ2v) is 4.29. The van der Waals surface area contributed by atoms with Crippen molar-refractivity contribution in [3.63, 3.8) is 0 Å². The second-order valence-electron chi connectivity index (χ2n) is 4.29. The third kappa shape index (κ3) is 1.53. The first-order chi connectivity index (χ1) is 7.84. The van der Waals surface area contributed by atoms with E-state index < -0.39 is 0 Å². The van der Waals surface area contributed by atoms with Crippen molar-refractivity contribution in [1.82, 2.24) is 14.6 Å². The molecule has 1 saturated heterocycles. The van der Waals surface area contributed by atoms with E-state index in [1.54, 1.807) is 6.33 Å². The molecule has 1 aliphatic heterocycles. The summed E-state index contributed by atoms with van der Waals surface area (Å²) in [6.45, 7) is 2.00. The molecule has 5 nitrogen and oxygen atoms in total. The van der Waals surface area contributed by atoms with Crippen LogP contribution in [0.3, 0.4) is 0 Å². The summed E-state index contributed by atoms with van der Waals surface area (Å²) in [6.07, 6.45) is 7.65. The van der Waals surface area contributed by atoms with E-state index in [1.807, 2.05) is 16.9 Å². The van der Waals surface area contributed by atoms with Crippen LogP contribution in [0.5, 0.6) is 0 Å². The SMILES string of the molecule is NC1CCCN(c2ccn3ncncc23)C1. The molecule has 0 amide bonds. The van der Waals surface area contributed by atoms with Gasteiger partial charge < -0.3 is 10.6 Å². The largest absolute Gasteiger partial charge is 0.368 e. The summed E-state index contributed by atoms with van der Waals surface area (Å²) < 4.78 is 1.85. The van der Waals surface area contributed by atoms with E-state index in [9.17, 15) is 0 Å². The first-order valence-corrected chi connectivity index (χ1v) is 5.62. The Morgan fingerprint density at radius 3 is 3.25 bits per heavy atom. The summed E-state index contributed by atoms with van der Waals surface area (Å²) in [5.74, 6) is 0. The molecule has 84 valence electrons. The summed E-state index contributed by atoms with van der Waals surface area (Å²) in [7, 11) is 0. The Morgan fingerprint density at radius 1 is 1.44 bits per heavy atom. The van der Waals surface area contributed by atoms with Crippen molar-refractivity contribution in [1.29, 1.82) is 0 Å². The number of hydrogen-bond acceptors (Lipinski definition) is 4. The van der Waals surface area contributed by atoms with Gasteiger partial charge in [0, 0.05) is 25.3 Å². The Morgan fingerprint density at radius 2 is 2.38 bits per heavy atom. The third-order valence-corrected chi connectivity index (χ3v) is 3.12. The lowest BCUT2D eigenvalue weighted by Gasteiger charge is -2.32. The normalized spacial score (nSPS) is 21.6. The summed E-state index contributed by atoms with van der Waals surface area (Å²) in [5.41, 5.74) is 8.24. The molecule has 2 aromatic heterocycles. The first kappa shape index (κ1) is 9.59. The molecular weight excluding hydrogens is 202 g/mol. The van der Waals surface area contributed by atoms with Crippen LogP contribution in [-0.4, -0.2) is 33.7 Å². The van der Waals surface area contributed by atoms with E-state index in [2.05, 4.69) is 21.0 Å². The quantitative estimate of drug-likeness (QED) is 0.762. The fraction of sp³-hybridized carbons (Fsp3) is 0.455. The van der Waals surface area contributed by atoms with Crippen LogP contribution in [0, 0.1) is 0 Å². The van der Waals surface area contributed by atoms with Crippen molar-refractivity contribution in [2.75, 3.05) is 18.0 Å². The number of hydrogen-bond donors (Lipinski definition) is 1. The fourth-order valence-corrected chi connectivity index (χ4v) is 2.34. The van der Waals surface area contributed by atoms with E-state index in [4.69, 9.17) is 5.73 Å². The van der Waals surface area contributed by atoms with Crippen LogP contribution in [0.2, 0.25) is 0 Å². The minimum Gasteiger partial charge on any atom is -0.368 e. The van der Waals surface area contributed by atoms with E-state index in [0.29, 0.717) is 0 Å². The number of anilines is 1.